The minimum Gasteiger partial charge on any atom is -0.457 e. The first-order chi connectivity index (χ1) is 14.8. The van der Waals surface area contributed by atoms with Gasteiger partial charge in [0, 0.05) is 55.0 Å². The molecule has 0 spiro atoms. The number of aryl methyl sites for hydroxylation is 1. The Labute approximate surface area is 179 Å². The zero-order valence-electron chi connectivity index (χ0n) is 17.6. The highest BCUT2D eigenvalue weighted by atomic mass is 19.2. The molecule has 5 rings (SSSR count). The fourth-order valence-corrected chi connectivity index (χ4v) is 4.12. The minimum atomic E-state index is -3.95. The van der Waals surface area contributed by atoms with Crippen molar-refractivity contribution in [3.8, 4) is 11.3 Å². The first kappa shape index (κ1) is 19.4. The highest BCUT2D eigenvalue weighted by molar-refractivity contribution is 6.58. The van der Waals surface area contributed by atoms with E-state index in [1.54, 1.807) is 36.4 Å². The molecular weight excluding hydrogens is 395 g/mol. The molecule has 3 aromatic rings. The maximum atomic E-state index is 15.2. The topological polar surface area (TPSA) is 24.3 Å². The van der Waals surface area contributed by atoms with Crippen LogP contribution in [0.4, 0.5) is 14.3 Å². The van der Waals surface area contributed by atoms with Crippen molar-refractivity contribution >= 4 is 37.1 Å². The van der Waals surface area contributed by atoms with Crippen LogP contribution in [0.2, 0.25) is 0 Å². The Morgan fingerprint density at radius 3 is 2.58 bits per heavy atom. The number of aromatic nitrogens is 1. The number of hydrogen-bond acceptors (Lipinski definition) is 2. The van der Waals surface area contributed by atoms with Crippen molar-refractivity contribution in [3.63, 3.8) is 0 Å². The molecule has 2 aliphatic rings. The largest absolute Gasteiger partial charge is 0.737 e. The standard InChI is InChI=1S/C24H22BF2N3O/c1-17-15-21(30-23(17)16-20-5-4-14-29(20)25(30,26)27)10-11-22-12-13-24(31-22)18-6-8-19(9-7-18)28(2)3/h4-16H,1-3H3/b11-10+. The lowest BCUT2D eigenvalue weighted by Crippen LogP contribution is -2.49. The number of halogens is 2. The van der Waals surface area contributed by atoms with Gasteiger partial charge in [-0.15, -0.1) is 0 Å². The third-order valence-corrected chi connectivity index (χ3v) is 5.76. The first-order valence-electron chi connectivity index (χ1n) is 10.2. The molecular formula is C24H22BF2N3O. The van der Waals surface area contributed by atoms with Crippen molar-refractivity contribution in [1.82, 2.24) is 4.48 Å². The lowest BCUT2D eigenvalue weighted by atomic mass is 9.91. The summed E-state index contributed by atoms with van der Waals surface area (Å²) in [5.41, 5.74) is 4.39. The van der Waals surface area contributed by atoms with Gasteiger partial charge in [-0.1, -0.05) is 0 Å². The van der Waals surface area contributed by atoms with Gasteiger partial charge in [-0.05, 0) is 67.1 Å². The Balaban J connectivity index is 1.45. The quantitative estimate of drug-likeness (QED) is 0.522. The van der Waals surface area contributed by atoms with Gasteiger partial charge in [-0.3, -0.25) is 0 Å². The van der Waals surface area contributed by atoms with Gasteiger partial charge in [0.1, 0.15) is 17.7 Å². The fourth-order valence-electron chi connectivity index (χ4n) is 4.12. The van der Waals surface area contributed by atoms with Gasteiger partial charge < -0.3 is 26.9 Å². The normalized spacial score (nSPS) is 16.3. The predicted octanol–water partition coefficient (Wildman–Crippen LogP) is 5.52. The summed E-state index contributed by atoms with van der Waals surface area (Å²) in [6, 6.07) is 13.6. The first-order valence-corrected chi connectivity index (χ1v) is 10.2. The predicted molar refractivity (Wildman–Crippen MR) is 123 cm³/mol. The Hall–Kier alpha value is -3.61. The van der Waals surface area contributed by atoms with E-state index >= 15 is 8.63 Å². The van der Waals surface area contributed by atoms with Crippen LogP contribution >= 0.6 is 0 Å². The van der Waals surface area contributed by atoms with Gasteiger partial charge in [-0.25, -0.2) is 0 Å². The second kappa shape index (κ2) is 6.98. The van der Waals surface area contributed by atoms with Crippen molar-refractivity contribution in [2.75, 3.05) is 19.0 Å². The van der Waals surface area contributed by atoms with Crippen molar-refractivity contribution in [2.45, 2.75) is 6.92 Å². The summed E-state index contributed by atoms with van der Waals surface area (Å²) in [6.45, 7) is -2.10. The van der Waals surface area contributed by atoms with Crippen LogP contribution in [0.25, 0.3) is 29.6 Å². The summed E-state index contributed by atoms with van der Waals surface area (Å²) >= 11 is 0. The number of rotatable bonds is 4. The Morgan fingerprint density at radius 1 is 1.06 bits per heavy atom. The monoisotopic (exact) mass is 417 g/mol. The lowest BCUT2D eigenvalue weighted by Gasteiger charge is -2.29. The molecule has 0 atom stereocenters. The number of anilines is 1. The van der Waals surface area contributed by atoms with E-state index in [9.17, 15) is 0 Å². The van der Waals surface area contributed by atoms with Crippen LogP contribution in [-0.2, 0) is 0 Å². The molecule has 4 heterocycles. The van der Waals surface area contributed by atoms with E-state index in [1.165, 1.54) is 6.21 Å². The van der Waals surface area contributed by atoms with Crippen LogP contribution in [0, 0.1) is 6.92 Å². The zero-order valence-corrected chi connectivity index (χ0v) is 17.6. The second-order valence-corrected chi connectivity index (χ2v) is 8.06. The highest BCUT2D eigenvalue weighted by Crippen LogP contribution is 2.34. The van der Waals surface area contributed by atoms with E-state index in [0.29, 0.717) is 22.8 Å². The second-order valence-electron chi connectivity index (χ2n) is 8.06. The molecule has 7 heteroatoms. The van der Waals surface area contributed by atoms with E-state index in [0.717, 1.165) is 31.5 Å². The van der Waals surface area contributed by atoms with Crippen LogP contribution in [0.15, 0.2) is 64.7 Å². The molecule has 0 saturated carbocycles. The van der Waals surface area contributed by atoms with Gasteiger partial charge in [0.2, 0.25) is 0 Å². The van der Waals surface area contributed by atoms with E-state index in [1.807, 2.05) is 62.3 Å². The molecule has 0 saturated heterocycles. The molecule has 31 heavy (non-hydrogen) atoms. The Bertz CT molecular complexity index is 1290. The van der Waals surface area contributed by atoms with Crippen molar-refractivity contribution < 1.29 is 17.5 Å². The molecule has 0 unspecified atom stereocenters. The molecule has 2 aromatic heterocycles. The minimum absolute atomic E-state index is 0.446. The van der Waals surface area contributed by atoms with E-state index in [4.69, 9.17) is 4.42 Å². The Kier molecular flexibility index (Phi) is 4.36. The maximum Gasteiger partial charge on any atom is 0.737 e. The molecule has 2 aliphatic heterocycles. The average molecular weight is 417 g/mol. The summed E-state index contributed by atoms with van der Waals surface area (Å²) in [5, 5.41) is 0. The molecule has 1 aromatic carbocycles. The van der Waals surface area contributed by atoms with Crippen LogP contribution in [0.3, 0.4) is 0 Å². The highest BCUT2D eigenvalue weighted by Gasteiger charge is 2.50. The van der Waals surface area contributed by atoms with E-state index in [2.05, 4.69) is 0 Å². The van der Waals surface area contributed by atoms with Gasteiger partial charge in [0.15, 0.2) is 5.70 Å². The summed E-state index contributed by atoms with van der Waals surface area (Å²) in [5.74, 6) is 1.34. The van der Waals surface area contributed by atoms with Gasteiger partial charge in [0.05, 0.1) is 0 Å². The molecule has 0 aliphatic carbocycles. The molecule has 0 amide bonds. The third-order valence-electron chi connectivity index (χ3n) is 5.76. The molecule has 0 fully saturated rings. The van der Waals surface area contributed by atoms with Gasteiger partial charge in [-0.2, -0.15) is 0 Å². The van der Waals surface area contributed by atoms with E-state index < -0.39 is 6.97 Å². The maximum absolute atomic E-state index is 15.2. The number of fused-ring (bicyclic) bond motifs is 2. The van der Waals surface area contributed by atoms with Crippen LogP contribution in [0.1, 0.15) is 22.7 Å². The average Bonchev–Trinajstić information content (AvgIpc) is 3.46. The molecule has 0 N–H and O–H groups in total. The van der Waals surface area contributed by atoms with Crippen molar-refractivity contribution in [3.05, 3.63) is 83.0 Å². The summed E-state index contributed by atoms with van der Waals surface area (Å²) in [4.78, 5) is 2.03. The van der Waals surface area contributed by atoms with Crippen LogP contribution < -0.4 is 4.90 Å². The number of benzene rings is 1. The SMILES string of the molecule is Cc1cc(/C=C/c2ccc(-c3ccc(N(C)C)cc3)o2)n2c1C=C1C=CC=[N+]1[B-]2(F)F. The van der Waals surface area contributed by atoms with Crippen LogP contribution in [-0.4, -0.2) is 36.2 Å². The van der Waals surface area contributed by atoms with Crippen molar-refractivity contribution in [1.29, 1.82) is 0 Å². The summed E-state index contributed by atoms with van der Waals surface area (Å²) in [7, 11) is 3.99. The number of allylic oxidation sites excluding steroid dienone is 2. The lowest BCUT2D eigenvalue weighted by molar-refractivity contribution is -0.355. The smallest absolute Gasteiger partial charge is 0.457 e. The van der Waals surface area contributed by atoms with Crippen molar-refractivity contribution in [2.24, 2.45) is 0 Å². The number of hydrogen-bond donors (Lipinski definition) is 0. The summed E-state index contributed by atoms with van der Waals surface area (Å²) < 4.78 is 38.6. The molecule has 0 radical (unpaired) electrons. The molecule has 0 bridgehead atoms. The number of nitrogens with zero attached hydrogens (tertiary/aromatic N) is 3. The van der Waals surface area contributed by atoms with Gasteiger partial charge in [0.25, 0.3) is 0 Å². The molecule has 156 valence electrons. The van der Waals surface area contributed by atoms with Gasteiger partial charge >= 0.3 is 6.97 Å². The summed E-state index contributed by atoms with van der Waals surface area (Å²) in [6.07, 6.45) is 10.0. The van der Waals surface area contributed by atoms with E-state index in [-0.39, 0.29) is 0 Å². The fraction of sp³-hybridized carbons (Fsp3) is 0.125. The Morgan fingerprint density at radius 2 is 1.84 bits per heavy atom. The third kappa shape index (κ3) is 3.17. The molecule has 4 nitrogen and oxygen atoms in total. The zero-order chi connectivity index (χ0) is 21.8. The van der Waals surface area contributed by atoms with Crippen LogP contribution in [0.5, 0.6) is 0 Å². The number of furan rings is 1.